The number of thioether (sulfide) groups is 1. The monoisotopic (exact) mass is 253 g/mol. The van der Waals surface area contributed by atoms with Gasteiger partial charge < -0.3 is 5.32 Å². The fourth-order valence-electron chi connectivity index (χ4n) is 2.35. The normalized spacial score (nSPS) is 18.1. The van der Waals surface area contributed by atoms with Crippen molar-refractivity contribution in [2.24, 2.45) is 7.05 Å². The number of hydrogen-bond acceptors (Lipinski definition) is 3. The van der Waals surface area contributed by atoms with Gasteiger partial charge in [-0.05, 0) is 31.6 Å². The highest BCUT2D eigenvalue weighted by Crippen LogP contribution is 2.42. The van der Waals surface area contributed by atoms with Crippen molar-refractivity contribution in [2.75, 3.05) is 12.8 Å². The summed E-state index contributed by atoms with van der Waals surface area (Å²) in [6.07, 6.45) is 7.39. The minimum absolute atomic E-state index is 0.520. The number of rotatable bonds is 6. The quantitative estimate of drug-likeness (QED) is 0.844. The minimum atomic E-state index is 0.520. The molecule has 1 fully saturated rings. The minimum Gasteiger partial charge on any atom is -0.310 e. The van der Waals surface area contributed by atoms with E-state index in [1.807, 2.05) is 23.5 Å². The molecule has 0 amide bonds. The molecule has 1 aromatic heterocycles. The molecule has 1 aliphatic rings. The Kier molecular flexibility index (Phi) is 4.15. The molecule has 0 radical (unpaired) electrons. The van der Waals surface area contributed by atoms with Gasteiger partial charge in [0, 0.05) is 24.9 Å². The summed E-state index contributed by atoms with van der Waals surface area (Å²) in [5.74, 6) is 0. The molecule has 1 aliphatic carbocycles. The van der Waals surface area contributed by atoms with Crippen LogP contribution >= 0.6 is 11.8 Å². The van der Waals surface area contributed by atoms with Gasteiger partial charge in [-0.1, -0.05) is 13.3 Å². The van der Waals surface area contributed by atoms with E-state index in [0.29, 0.717) is 4.75 Å². The SMILES string of the molecule is CCc1cc(CNCC2(SC)CCC2)n(C)n1. The van der Waals surface area contributed by atoms with Crippen molar-refractivity contribution in [3.05, 3.63) is 17.5 Å². The zero-order valence-electron chi connectivity index (χ0n) is 11.1. The van der Waals surface area contributed by atoms with E-state index >= 15 is 0 Å². The topological polar surface area (TPSA) is 29.9 Å². The summed E-state index contributed by atoms with van der Waals surface area (Å²) in [7, 11) is 2.03. The zero-order chi connectivity index (χ0) is 12.3. The van der Waals surface area contributed by atoms with E-state index in [4.69, 9.17) is 0 Å². The van der Waals surface area contributed by atoms with E-state index < -0.39 is 0 Å². The third-order valence-electron chi connectivity index (χ3n) is 3.84. The molecule has 3 nitrogen and oxygen atoms in total. The van der Waals surface area contributed by atoms with Crippen molar-refractivity contribution >= 4 is 11.8 Å². The standard InChI is InChI=1S/C13H23N3S/c1-4-11-8-12(16(2)15-11)9-14-10-13(17-3)6-5-7-13/h8,14H,4-7,9-10H2,1-3H3. The molecular weight excluding hydrogens is 230 g/mol. The Morgan fingerprint density at radius 2 is 2.29 bits per heavy atom. The molecule has 17 heavy (non-hydrogen) atoms. The molecule has 0 atom stereocenters. The average Bonchev–Trinajstić information content (AvgIpc) is 2.64. The van der Waals surface area contributed by atoms with E-state index in [9.17, 15) is 0 Å². The fraction of sp³-hybridized carbons (Fsp3) is 0.769. The molecular formula is C13H23N3S. The molecule has 1 saturated carbocycles. The smallest absolute Gasteiger partial charge is 0.0625 e. The number of hydrogen-bond donors (Lipinski definition) is 1. The van der Waals surface area contributed by atoms with Gasteiger partial charge in [-0.2, -0.15) is 16.9 Å². The molecule has 0 unspecified atom stereocenters. The first-order chi connectivity index (χ1) is 8.19. The molecule has 0 aliphatic heterocycles. The van der Waals surface area contributed by atoms with Gasteiger partial charge in [0.1, 0.15) is 0 Å². The van der Waals surface area contributed by atoms with Gasteiger partial charge in [0.2, 0.25) is 0 Å². The molecule has 96 valence electrons. The molecule has 0 spiro atoms. The molecule has 0 bridgehead atoms. The Balaban J connectivity index is 1.83. The maximum absolute atomic E-state index is 4.47. The van der Waals surface area contributed by atoms with Gasteiger partial charge >= 0.3 is 0 Å². The molecule has 2 rings (SSSR count). The zero-order valence-corrected chi connectivity index (χ0v) is 11.9. The van der Waals surface area contributed by atoms with Gasteiger partial charge in [0.25, 0.3) is 0 Å². The first-order valence-corrected chi connectivity index (χ1v) is 7.69. The lowest BCUT2D eigenvalue weighted by Crippen LogP contribution is -2.43. The third-order valence-corrected chi connectivity index (χ3v) is 5.26. The summed E-state index contributed by atoms with van der Waals surface area (Å²) in [4.78, 5) is 0. The Labute approximate surface area is 108 Å². The number of nitrogens with zero attached hydrogens (tertiary/aromatic N) is 2. The van der Waals surface area contributed by atoms with Crippen LogP contribution in [0.4, 0.5) is 0 Å². The predicted octanol–water partition coefficient (Wildman–Crippen LogP) is 2.36. The highest BCUT2D eigenvalue weighted by molar-refractivity contribution is 8.00. The number of aromatic nitrogens is 2. The van der Waals surface area contributed by atoms with Crippen LogP contribution in [-0.4, -0.2) is 27.3 Å². The number of aryl methyl sites for hydroxylation is 2. The summed E-state index contributed by atoms with van der Waals surface area (Å²) in [5, 5.41) is 8.06. The summed E-state index contributed by atoms with van der Waals surface area (Å²) in [6.45, 7) is 4.21. The van der Waals surface area contributed by atoms with Crippen LogP contribution in [-0.2, 0) is 20.0 Å². The summed E-state index contributed by atoms with van der Waals surface area (Å²) >= 11 is 2.02. The number of nitrogens with one attached hydrogen (secondary N) is 1. The molecule has 1 aromatic rings. The van der Waals surface area contributed by atoms with Crippen molar-refractivity contribution in [1.29, 1.82) is 0 Å². The van der Waals surface area contributed by atoms with Gasteiger partial charge in [0.15, 0.2) is 0 Å². The van der Waals surface area contributed by atoms with Crippen molar-refractivity contribution in [2.45, 2.75) is 43.9 Å². The molecule has 1 heterocycles. The van der Waals surface area contributed by atoms with E-state index in [-0.39, 0.29) is 0 Å². The average molecular weight is 253 g/mol. The first-order valence-electron chi connectivity index (χ1n) is 6.47. The van der Waals surface area contributed by atoms with Gasteiger partial charge in [-0.25, -0.2) is 0 Å². The largest absolute Gasteiger partial charge is 0.310 e. The van der Waals surface area contributed by atoms with Crippen LogP contribution in [0.5, 0.6) is 0 Å². The summed E-state index contributed by atoms with van der Waals surface area (Å²) in [6, 6.07) is 2.21. The second-order valence-corrected chi connectivity index (χ2v) is 6.22. The van der Waals surface area contributed by atoms with E-state index in [1.165, 1.54) is 30.7 Å². The van der Waals surface area contributed by atoms with Gasteiger partial charge in [-0.3, -0.25) is 4.68 Å². The van der Waals surface area contributed by atoms with E-state index in [0.717, 1.165) is 19.5 Å². The lowest BCUT2D eigenvalue weighted by atomic mass is 9.84. The molecule has 0 aromatic carbocycles. The third kappa shape index (κ3) is 2.86. The maximum atomic E-state index is 4.47. The predicted molar refractivity (Wildman–Crippen MR) is 74.4 cm³/mol. The first kappa shape index (κ1) is 13.0. The van der Waals surface area contributed by atoms with Crippen molar-refractivity contribution in [3.63, 3.8) is 0 Å². The van der Waals surface area contributed by atoms with Crippen LogP contribution < -0.4 is 5.32 Å². The van der Waals surface area contributed by atoms with Crippen LogP contribution in [0.1, 0.15) is 37.6 Å². The highest BCUT2D eigenvalue weighted by atomic mass is 32.2. The fourth-order valence-corrected chi connectivity index (χ4v) is 3.30. The summed E-state index contributed by atoms with van der Waals surface area (Å²) in [5.41, 5.74) is 2.48. The molecule has 1 N–H and O–H groups in total. The van der Waals surface area contributed by atoms with E-state index in [1.54, 1.807) is 0 Å². The lowest BCUT2D eigenvalue weighted by Gasteiger charge is -2.40. The van der Waals surface area contributed by atoms with Crippen LogP contribution in [0, 0.1) is 0 Å². The van der Waals surface area contributed by atoms with Crippen molar-refractivity contribution in [1.82, 2.24) is 15.1 Å². The van der Waals surface area contributed by atoms with Crippen LogP contribution in [0.3, 0.4) is 0 Å². The Morgan fingerprint density at radius 1 is 1.53 bits per heavy atom. The Hall–Kier alpha value is -0.480. The second-order valence-electron chi connectivity index (χ2n) is 4.95. The van der Waals surface area contributed by atoms with Crippen LogP contribution in [0.2, 0.25) is 0 Å². The van der Waals surface area contributed by atoms with Crippen molar-refractivity contribution in [3.8, 4) is 0 Å². The Morgan fingerprint density at radius 3 is 2.76 bits per heavy atom. The highest BCUT2D eigenvalue weighted by Gasteiger charge is 2.35. The van der Waals surface area contributed by atoms with Crippen LogP contribution in [0.25, 0.3) is 0 Å². The van der Waals surface area contributed by atoms with Crippen molar-refractivity contribution < 1.29 is 0 Å². The molecule has 0 saturated heterocycles. The van der Waals surface area contributed by atoms with Gasteiger partial charge in [-0.15, -0.1) is 0 Å². The van der Waals surface area contributed by atoms with E-state index in [2.05, 4.69) is 29.7 Å². The maximum Gasteiger partial charge on any atom is 0.0625 e. The lowest BCUT2D eigenvalue weighted by molar-refractivity contribution is 0.344. The van der Waals surface area contributed by atoms with Gasteiger partial charge in [0.05, 0.1) is 11.4 Å². The van der Waals surface area contributed by atoms with Crippen LogP contribution in [0.15, 0.2) is 6.07 Å². The second kappa shape index (κ2) is 5.44. The summed E-state index contributed by atoms with van der Waals surface area (Å²) < 4.78 is 2.52. The molecule has 4 heteroatoms. The Bertz CT molecular complexity index is 363.